The van der Waals surface area contributed by atoms with E-state index in [0.29, 0.717) is 0 Å². The Balaban J connectivity index is 1.58. The van der Waals surface area contributed by atoms with Crippen molar-refractivity contribution in [3.05, 3.63) is 99.8 Å². The maximum Gasteiger partial charge on any atom is 0.331 e. The minimum atomic E-state index is -0.550. The average Bonchev–Trinajstić information content (AvgIpc) is 3.25. The van der Waals surface area contributed by atoms with Crippen LogP contribution in [0.1, 0.15) is 27.6 Å². The van der Waals surface area contributed by atoms with Crippen LogP contribution in [-0.4, -0.2) is 18.5 Å². The summed E-state index contributed by atoms with van der Waals surface area (Å²) in [5.41, 5.74) is 2.97. The Hall–Kier alpha value is -3.18. The Morgan fingerprint density at radius 1 is 1.04 bits per heavy atom. The lowest BCUT2D eigenvalue weighted by atomic mass is 10.1. The SMILES string of the molecule is Cc1ccccc1/C=C/C(=O)OCC(=O)N[C@@H](c1ccccc1)c1cccs1. The van der Waals surface area contributed by atoms with Gasteiger partial charge in [0, 0.05) is 11.0 Å². The predicted octanol–water partition coefficient (Wildman–Crippen LogP) is 4.52. The van der Waals surface area contributed by atoms with Gasteiger partial charge in [-0.1, -0.05) is 60.7 Å². The van der Waals surface area contributed by atoms with Gasteiger partial charge < -0.3 is 10.1 Å². The van der Waals surface area contributed by atoms with Crippen LogP contribution in [0.5, 0.6) is 0 Å². The van der Waals surface area contributed by atoms with Crippen molar-refractivity contribution in [2.45, 2.75) is 13.0 Å². The summed E-state index contributed by atoms with van der Waals surface area (Å²) >= 11 is 1.57. The van der Waals surface area contributed by atoms with E-state index in [4.69, 9.17) is 4.74 Å². The van der Waals surface area contributed by atoms with Crippen LogP contribution in [0.15, 0.2) is 78.2 Å². The molecule has 0 aliphatic rings. The smallest absolute Gasteiger partial charge is 0.331 e. The number of ether oxygens (including phenoxy) is 1. The molecule has 142 valence electrons. The van der Waals surface area contributed by atoms with Crippen molar-refractivity contribution in [3.8, 4) is 0 Å². The second kappa shape index (κ2) is 9.67. The molecule has 0 spiro atoms. The molecule has 28 heavy (non-hydrogen) atoms. The molecule has 4 nitrogen and oxygen atoms in total. The summed E-state index contributed by atoms with van der Waals surface area (Å²) in [6, 6.07) is 21.1. The Bertz CT molecular complexity index is 949. The van der Waals surface area contributed by atoms with Crippen LogP contribution in [0.2, 0.25) is 0 Å². The number of rotatable bonds is 7. The molecule has 1 amide bonds. The molecule has 0 saturated carbocycles. The van der Waals surface area contributed by atoms with E-state index in [1.54, 1.807) is 17.4 Å². The highest BCUT2D eigenvalue weighted by molar-refractivity contribution is 7.10. The topological polar surface area (TPSA) is 55.4 Å². The first-order valence-corrected chi connectivity index (χ1v) is 9.79. The van der Waals surface area contributed by atoms with Crippen molar-refractivity contribution in [3.63, 3.8) is 0 Å². The fourth-order valence-electron chi connectivity index (χ4n) is 2.74. The molecule has 0 fully saturated rings. The van der Waals surface area contributed by atoms with E-state index in [1.165, 1.54) is 6.08 Å². The number of nitrogens with one attached hydrogen (secondary N) is 1. The van der Waals surface area contributed by atoms with Gasteiger partial charge in [-0.15, -0.1) is 11.3 Å². The maximum absolute atomic E-state index is 12.3. The second-order valence-electron chi connectivity index (χ2n) is 6.22. The number of benzene rings is 2. The molecule has 0 aliphatic heterocycles. The fraction of sp³-hybridized carbons (Fsp3) is 0.130. The summed E-state index contributed by atoms with van der Waals surface area (Å²) in [5.74, 6) is -0.898. The van der Waals surface area contributed by atoms with Gasteiger partial charge in [-0.05, 0) is 41.1 Å². The van der Waals surface area contributed by atoms with Crippen LogP contribution in [0, 0.1) is 6.92 Å². The lowest BCUT2D eigenvalue weighted by Crippen LogP contribution is -2.32. The van der Waals surface area contributed by atoms with Gasteiger partial charge in [0.15, 0.2) is 6.61 Å². The average molecular weight is 391 g/mol. The molecule has 0 radical (unpaired) electrons. The van der Waals surface area contributed by atoms with E-state index in [9.17, 15) is 9.59 Å². The summed E-state index contributed by atoms with van der Waals surface area (Å²) < 4.78 is 5.09. The largest absolute Gasteiger partial charge is 0.452 e. The third-order valence-corrected chi connectivity index (χ3v) is 5.14. The standard InChI is InChI=1S/C23H21NO3S/c1-17-8-5-6-9-18(17)13-14-22(26)27-16-21(25)24-23(20-12-7-15-28-20)19-10-3-2-4-11-19/h2-15,23H,16H2,1H3,(H,24,25)/b14-13+/t23-/m0/s1. The zero-order valence-corrected chi connectivity index (χ0v) is 16.3. The Morgan fingerprint density at radius 2 is 1.79 bits per heavy atom. The third kappa shape index (κ3) is 5.41. The highest BCUT2D eigenvalue weighted by Crippen LogP contribution is 2.25. The number of carbonyl (C=O) groups excluding carboxylic acids is 2. The quantitative estimate of drug-likeness (QED) is 0.476. The van der Waals surface area contributed by atoms with Gasteiger partial charge in [0.05, 0.1) is 6.04 Å². The van der Waals surface area contributed by atoms with Crippen molar-refractivity contribution >= 4 is 29.3 Å². The lowest BCUT2D eigenvalue weighted by molar-refractivity contribution is -0.143. The Labute approximate surface area is 168 Å². The van der Waals surface area contributed by atoms with Crippen LogP contribution < -0.4 is 5.32 Å². The highest BCUT2D eigenvalue weighted by atomic mass is 32.1. The van der Waals surface area contributed by atoms with Crippen LogP contribution in [0.25, 0.3) is 6.08 Å². The van der Waals surface area contributed by atoms with Crippen LogP contribution in [0.4, 0.5) is 0 Å². The van der Waals surface area contributed by atoms with Crippen LogP contribution in [0.3, 0.4) is 0 Å². The zero-order valence-electron chi connectivity index (χ0n) is 15.5. The molecule has 1 N–H and O–H groups in total. The first-order chi connectivity index (χ1) is 13.6. The minimum Gasteiger partial charge on any atom is -0.452 e. The van der Waals surface area contributed by atoms with Crippen LogP contribution >= 0.6 is 11.3 Å². The summed E-state index contributed by atoms with van der Waals surface area (Å²) in [6.45, 7) is 1.64. The molecule has 0 bridgehead atoms. The maximum atomic E-state index is 12.3. The molecule has 1 atom stereocenters. The first-order valence-electron chi connectivity index (χ1n) is 8.91. The van der Waals surface area contributed by atoms with Gasteiger partial charge in [0.1, 0.15) is 0 Å². The predicted molar refractivity (Wildman–Crippen MR) is 112 cm³/mol. The molecular weight excluding hydrogens is 370 g/mol. The number of hydrogen-bond acceptors (Lipinski definition) is 4. The Morgan fingerprint density at radius 3 is 2.50 bits per heavy atom. The molecule has 3 rings (SSSR count). The monoisotopic (exact) mass is 391 g/mol. The van der Waals surface area contributed by atoms with Gasteiger partial charge in [-0.3, -0.25) is 4.79 Å². The molecule has 2 aromatic carbocycles. The normalized spacial score (nSPS) is 11.9. The number of hydrogen-bond donors (Lipinski definition) is 1. The molecular formula is C23H21NO3S. The van der Waals surface area contributed by atoms with Crippen LogP contribution in [-0.2, 0) is 14.3 Å². The van der Waals surface area contributed by atoms with E-state index < -0.39 is 5.97 Å². The van der Waals surface area contributed by atoms with Crippen molar-refractivity contribution < 1.29 is 14.3 Å². The zero-order chi connectivity index (χ0) is 19.8. The molecule has 1 heterocycles. The number of amides is 1. The summed E-state index contributed by atoms with van der Waals surface area (Å²) in [7, 11) is 0. The number of aryl methyl sites for hydroxylation is 1. The van der Waals surface area contributed by atoms with Gasteiger partial charge in [-0.2, -0.15) is 0 Å². The summed E-state index contributed by atoms with van der Waals surface area (Å²) in [5, 5.41) is 4.91. The fourth-order valence-corrected chi connectivity index (χ4v) is 3.54. The lowest BCUT2D eigenvalue weighted by Gasteiger charge is -2.18. The van der Waals surface area contributed by atoms with E-state index in [0.717, 1.165) is 21.6 Å². The molecule has 0 unspecified atom stereocenters. The molecule has 5 heteroatoms. The number of carbonyl (C=O) groups is 2. The number of thiophene rings is 1. The van der Waals surface area contributed by atoms with Crippen molar-refractivity contribution in [1.29, 1.82) is 0 Å². The molecule has 0 aliphatic carbocycles. The number of esters is 1. The second-order valence-corrected chi connectivity index (χ2v) is 7.20. The molecule has 0 saturated heterocycles. The van der Waals surface area contributed by atoms with Crippen molar-refractivity contribution in [1.82, 2.24) is 5.32 Å². The van der Waals surface area contributed by atoms with Gasteiger partial charge in [0.25, 0.3) is 5.91 Å². The van der Waals surface area contributed by atoms with E-state index in [1.807, 2.05) is 79.0 Å². The minimum absolute atomic E-state index is 0.269. The third-order valence-electron chi connectivity index (χ3n) is 4.20. The van der Waals surface area contributed by atoms with Gasteiger partial charge in [-0.25, -0.2) is 4.79 Å². The Kier molecular flexibility index (Phi) is 6.76. The van der Waals surface area contributed by atoms with Gasteiger partial charge in [0.2, 0.25) is 0 Å². The highest BCUT2D eigenvalue weighted by Gasteiger charge is 2.18. The van der Waals surface area contributed by atoms with Crippen molar-refractivity contribution in [2.24, 2.45) is 0 Å². The molecule has 1 aromatic heterocycles. The molecule has 3 aromatic rings. The first kappa shape index (κ1) is 19.6. The summed E-state index contributed by atoms with van der Waals surface area (Å²) in [6.07, 6.45) is 3.03. The van der Waals surface area contributed by atoms with Crippen molar-refractivity contribution in [2.75, 3.05) is 6.61 Å². The summed E-state index contributed by atoms with van der Waals surface area (Å²) in [4.78, 5) is 25.3. The van der Waals surface area contributed by atoms with Gasteiger partial charge >= 0.3 is 5.97 Å². The van der Waals surface area contributed by atoms with E-state index in [-0.39, 0.29) is 18.6 Å². The van der Waals surface area contributed by atoms with E-state index in [2.05, 4.69) is 5.32 Å². The van der Waals surface area contributed by atoms with E-state index >= 15 is 0 Å².